The zero-order chi connectivity index (χ0) is 8.10. The maximum atomic E-state index is 4.19. The molecule has 0 aromatic carbocycles. The Balaban J connectivity index is 2.67. The fraction of sp³-hybridized carbons (Fsp3) is 0.625. The summed E-state index contributed by atoms with van der Waals surface area (Å²) < 4.78 is 0. The van der Waals surface area contributed by atoms with Crippen molar-refractivity contribution in [3.63, 3.8) is 0 Å². The molecule has 1 rings (SSSR count). The minimum atomic E-state index is 0.955. The molecular weight excluding hydrogens is 138 g/mol. The first-order valence-electron chi connectivity index (χ1n) is 3.98. The normalized spacial score (nSPS) is 26.0. The Hall–Kier alpha value is -0.830. The zero-order valence-corrected chi connectivity index (χ0v) is 7.15. The minimum absolute atomic E-state index is 0.955. The van der Waals surface area contributed by atoms with Crippen molar-refractivity contribution < 1.29 is 0 Å². The number of hydrazone groups is 1. The number of hydrogen-bond donors (Lipinski definition) is 2. The van der Waals surface area contributed by atoms with Crippen LogP contribution in [0, 0.1) is 0 Å². The molecule has 0 amide bonds. The first kappa shape index (κ1) is 8.27. The second-order valence-corrected chi connectivity index (χ2v) is 2.52. The van der Waals surface area contributed by atoms with E-state index in [-0.39, 0.29) is 0 Å². The molecular formula is C8H15N3. The van der Waals surface area contributed by atoms with Gasteiger partial charge in [-0.15, -0.1) is 0 Å². The number of piperidine rings is 1. The van der Waals surface area contributed by atoms with Crippen LogP contribution in [0.1, 0.15) is 13.3 Å². The second-order valence-electron chi connectivity index (χ2n) is 2.52. The van der Waals surface area contributed by atoms with E-state index in [1.165, 1.54) is 11.3 Å². The van der Waals surface area contributed by atoms with E-state index in [4.69, 9.17) is 0 Å². The SMILES string of the molecule is C/C=C1/CNCC/C1=N/NC. The summed E-state index contributed by atoms with van der Waals surface area (Å²) in [7, 11) is 1.84. The molecule has 3 nitrogen and oxygen atoms in total. The van der Waals surface area contributed by atoms with Gasteiger partial charge in [-0.2, -0.15) is 5.10 Å². The van der Waals surface area contributed by atoms with Crippen LogP contribution in [0.3, 0.4) is 0 Å². The molecule has 1 aliphatic rings. The summed E-state index contributed by atoms with van der Waals surface area (Å²) in [6.45, 7) is 4.04. The maximum absolute atomic E-state index is 4.19. The average Bonchev–Trinajstić information content (AvgIpc) is 2.06. The average molecular weight is 153 g/mol. The molecule has 0 saturated carbocycles. The molecule has 1 heterocycles. The van der Waals surface area contributed by atoms with E-state index in [1.54, 1.807) is 0 Å². The third kappa shape index (κ3) is 2.05. The highest BCUT2D eigenvalue weighted by molar-refractivity contribution is 6.01. The Morgan fingerprint density at radius 2 is 2.45 bits per heavy atom. The van der Waals surface area contributed by atoms with Crippen LogP contribution in [0.25, 0.3) is 0 Å². The molecule has 1 saturated heterocycles. The zero-order valence-electron chi connectivity index (χ0n) is 7.15. The monoisotopic (exact) mass is 153 g/mol. The Kier molecular flexibility index (Phi) is 3.11. The first-order valence-corrected chi connectivity index (χ1v) is 3.98. The highest BCUT2D eigenvalue weighted by Gasteiger charge is 2.10. The number of allylic oxidation sites excluding steroid dienone is 1. The Bertz CT molecular complexity index is 182. The summed E-state index contributed by atoms with van der Waals surface area (Å²) in [4.78, 5) is 0. The van der Waals surface area contributed by atoms with E-state index >= 15 is 0 Å². The van der Waals surface area contributed by atoms with E-state index in [1.807, 2.05) is 14.0 Å². The molecule has 0 aromatic heterocycles. The van der Waals surface area contributed by atoms with Crippen LogP contribution in [-0.2, 0) is 0 Å². The largest absolute Gasteiger partial charge is 0.313 e. The molecule has 0 bridgehead atoms. The first-order chi connectivity index (χ1) is 5.38. The van der Waals surface area contributed by atoms with Crippen molar-refractivity contribution in [1.29, 1.82) is 0 Å². The predicted molar refractivity (Wildman–Crippen MR) is 47.7 cm³/mol. The summed E-state index contributed by atoms with van der Waals surface area (Å²) in [5.74, 6) is 0. The molecule has 1 fully saturated rings. The van der Waals surface area contributed by atoms with Crippen molar-refractivity contribution in [2.24, 2.45) is 5.10 Å². The summed E-state index contributed by atoms with van der Waals surface area (Å²) in [5.41, 5.74) is 5.32. The lowest BCUT2D eigenvalue weighted by Crippen LogP contribution is -2.31. The number of nitrogens with one attached hydrogen (secondary N) is 2. The maximum Gasteiger partial charge on any atom is 0.0657 e. The van der Waals surface area contributed by atoms with Crippen molar-refractivity contribution >= 4 is 5.71 Å². The third-order valence-corrected chi connectivity index (χ3v) is 1.82. The summed E-state index contributed by atoms with van der Waals surface area (Å²) in [5, 5.41) is 7.49. The van der Waals surface area contributed by atoms with Crippen LogP contribution >= 0.6 is 0 Å². The lowest BCUT2D eigenvalue weighted by atomic mass is 10.0. The van der Waals surface area contributed by atoms with Gasteiger partial charge in [0.1, 0.15) is 0 Å². The number of rotatable bonds is 1. The number of nitrogens with zero attached hydrogens (tertiary/aromatic N) is 1. The van der Waals surface area contributed by atoms with E-state index < -0.39 is 0 Å². The van der Waals surface area contributed by atoms with Gasteiger partial charge in [0, 0.05) is 26.6 Å². The van der Waals surface area contributed by atoms with Gasteiger partial charge in [0.25, 0.3) is 0 Å². The third-order valence-electron chi connectivity index (χ3n) is 1.82. The second kappa shape index (κ2) is 4.13. The minimum Gasteiger partial charge on any atom is -0.313 e. The van der Waals surface area contributed by atoms with Gasteiger partial charge in [0.2, 0.25) is 0 Å². The van der Waals surface area contributed by atoms with E-state index in [9.17, 15) is 0 Å². The van der Waals surface area contributed by atoms with Crippen LogP contribution in [0.4, 0.5) is 0 Å². The Morgan fingerprint density at radius 1 is 1.64 bits per heavy atom. The van der Waals surface area contributed by atoms with Gasteiger partial charge in [-0.1, -0.05) is 6.08 Å². The number of hydrogen-bond acceptors (Lipinski definition) is 3. The topological polar surface area (TPSA) is 36.4 Å². The fourth-order valence-corrected chi connectivity index (χ4v) is 1.22. The lowest BCUT2D eigenvalue weighted by molar-refractivity contribution is 0.720. The van der Waals surface area contributed by atoms with E-state index in [2.05, 4.69) is 21.9 Å². The van der Waals surface area contributed by atoms with Gasteiger partial charge in [0.15, 0.2) is 0 Å². The summed E-state index contributed by atoms with van der Waals surface area (Å²) in [6, 6.07) is 0. The highest BCUT2D eigenvalue weighted by atomic mass is 15.3. The molecule has 62 valence electrons. The van der Waals surface area contributed by atoms with Gasteiger partial charge in [0.05, 0.1) is 5.71 Å². The molecule has 2 N–H and O–H groups in total. The van der Waals surface area contributed by atoms with Crippen molar-refractivity contribution in [2.75, 3.05) is 20.1 Å². The summed E-state index contributed by atoms with van der Waals surface area (Å²) in [6.07, 6.45) is 3.14. The van der Waals surface area contributed by atoms with Crippen molar-refractivity contribution in [2.45, 2.75) is 13.3 Å². The van der Waals surface area contributed by atoms with Crippen molar-refractivity contribution in [1.82, 2.24) is 10.7 Å². The van der Waals surface area contributed by atoms with Crippen LogP contribution < -0.4 is 10.7 Å². The molecule has 1 aliphatic heterocycles. The Morgan fingerprint density at radius 3 is 3.09 bits per heavy atom. The quantitative estimate of drug-likeness (QED) is 0.538. The lowest BCUT2D eigenvalue weighted by Gasteiger charge is -2.17. The van der Waals surface area contributed by atoms with Crippen LogP contribution in [0.5, 0.6) is 0 Å². The van der Waals surface area contributed by atoms with Crippen molar-refractivity contribution in [3.05, 3.63) is 11.6 Å². The highest BCUT2D eigenvalue weighted by Crippen LogP contribution is 2.04. The van der Waals surface area contributed by atoms with Crippen LogP contribution in [0.15, 0.2) is 16.8 Å². The van der Waals surface area contributed by atoms with Gasteiger partial charge in [-0.25, -0.2) is 0 Å². The van der Waals surface area contributed by atoms with E-state index in [0.29, 0.717) is 0 Å². The fourth-order valence-electron chi connectivity index (χ4n) is 1.22. The molecule has 0 aliphatic carbocycles. The molecule has 3 heteroatoms. The van der Waals surface area contributed by atoms with Crippen LogP contribution in [0.2, 0.25) is 0 Å². The van der Waals surface area contributed by atoms with E-state index in [0.717, 1.165) is 19.5 Å². The molecule has 11 heavy (non-hydrogen) atoms. The van der Waals surface area contributed by atoms with Gasteiger partial charge >= 0.3 is 0 Å². The van der Waals surface area contributed by atoms with Gasteiger partial charge in [-0.3, -0.25) is 0 Å². The molecule has 0 aromatic rings. The Labute approximate surface area is 67.6 Å². The van der Waals surface area contributed by atoms with Gasteiger partial charge < -0.3 is 10.7 Å². The van der Waals surface area contributed by atoms with Gasteiger partial charge in [-0.05, 0) is 12.5 Å². The molecule has 0 spiro atoms. The van der Waals surface area contributed by atoms with Crippen molar-refractivity contribution in [3.8, 4) is 0 Å². The van der Waals surface area contributed by atoms with Crippen LogP contribution in [-0.4, -0.2) is 25.8 Å². The molecule has 0 radical (unpaired) electrons. The smallest absolute Gasteiger partial charge is 0.0657 e. The standard InChI is InChI=1S/C8H15N3/c1-3-7-6-10-5-4-8(7)11-9-2/h3,9-10H,4-6H2,1-2H3/b7-3-,11-8-. The summed E-state index contributed by atoms with van der Waals surface area (Å²) >= 11 is 0. The molecule has 0 atom stereocenters. The molecule has 0 unspecified atom stereocenters. The predicted octanol–water partition coefficient (Wildman–Crippen LogP) is 0.501.